The highest BCUT2D eigenvalue weighted by molar-refractivity contribution is 5.30. The van der Waals surface area contributed by atoms with Crippen LogP contribution in [0.25, 0.3) is 0 Å². The van der Waals surface area contributed by atoms with Crippen LogP contribution in [0.3, 0.4) is 0 Å². The van der Waals surface area contributed by atoms with Gasteiger partial charge in [0.25, 0.3) is 0 Å². The Morgan fingerprint density at radius 3 is 2.67 bits per heavy atom. The molecule has 4 N–H and O–H groups in total. The van der Waals surface area contributed by atoms with Crippen LogP contribution in [0.4, 0.5) is 4.39 Å². The maximum Gasteiger partial charge on any atom is 0.165 e. The van der Waals surface area contributed by atoms with E-state index >= 15 is 0 Å². The Bertz CT molecular complexity index is 330. The van der Waals surface area contributed by atoms with E-state index in [2.05, 4.69) is 0 Å². The molecule has 0 aliphatic heterocycles. The van der Waals surface area contributed by atoms with Crippen molar-refractivity contribution in [1.82, 2.24) is 0 Å². The Hall–Kier alpha value is -1.13. The van der Waals surface area contributed by atoms with Gasteiger partial charge in [0.15, 0.2) is 11.6 Å². The fourth-order valence-corrected chi connectivity index (χ4v) is 1.43. The van der Waals surface area contributed by atoms with E-state index < -0.39 is 23.7 Å². The molecule has 0 heterocycles. The van der Waals surface area contributed by atoms with Crippen LogP contribution in [0.5, 0.6) is 5.75 Å². The van der Waals surface area contributed by atoms with E-state index in [0.717, 1.165) is 12.5 Å². The second kappa shape index (κ2) is 5.09. The molecule has 0 aliphatic carbocycles. The Balaban J connectivity index is 2.81. The zero-order valence-electron chi connectivity index (χ0n) is 8.65. The zero-order chi connectivity index (χ0) is 11.4. The number of hydrogen-bond donors (Lipinski definition) is 3. The maximum atomic E-state index is 13.0. The molecule has 0 bridgehead atoms. The van der Waals surface area contributed by atoms with Crippen molar-refractivity contribution in [2.24, 2.45) is 5.73 Å². The molecular formula is C11H16FNO2. The second-order valence-electron chi connectivity index (χ2n) is 3.59. The summed E-state index contributed by atoms with van der Waals surface area (Å²) in [6.07, 6.45) is 0.706. The van der Waals surface area contributed by atoms with Crippen molar-refractivity contribution in [1.29, 1.82) is 0 Å². The quantitative estimate of drug-likeness (QED) is 0.713. The molecular weight excluding hydrogens is 197 g/mol. The van der Waals surface area contributed by atoms with Crippen LogP contribution < -0.4 is 5.73 Å². The lowest BCUT2D eigenvalue weighted by molar-refractivity contribution is 0.134. The smallest absolute Gasteiger partial charge is 0.165 e. The van der Waals surface area contributed by atoms with E-state index in [1.54, 1.807) is 0 Å². The Morgan fingerprint density at radius 2 is 2.13 bits per heavy atom. The standard InChI is InChI=1S/C11H16FNO2/c1-2-3-10(15)11(13)7-4-5-9(14)8(12)6-7/h4-6,10-11,14-15H,2-3,13H2,1H3/t10-,11+/m0/s1. The van der Waals surface area contributed by atoms with Crippen LogP contribution in [0.15, 0.2) is 18.2 Å². The van der Waals surface area contributed by atoms with Gasteiger partial charge in [0.05, 0.1) is 12.1 Å². The summed E-state index contributed by atoms with van der Waals surface area (Å²) in [5.41, 5.74) is 6.24. The van der Waals surface area contributed by atoms with E-state index in [0.29, 0.717) is 12.0 Å². The fraction of sp³-hybridized carbons (Fsp3) is 0.455. The molecule has 3 nitrogen and oxygen atoms in total. The number of aliphatic hydroxyl groups excluding tert-OH is 1. The van der Waals surface area contributed by atoms with E-state index in [-0.39, 0.29) is 0 Å². The molecule has 0 aromatic heterocycles. The first kappa shape index (κ1) is 11.9. The minimum Gasteiger partial charge on any atom is -0.505 e. The molecule has 4 heteroatoms. The van der Waals surface area contributed by atoms with Gasteiger partial charge in [0, 0.05) is 0 Å². The molecule has 0 amide bonds. The summed E-state index contributed by atoms with van der Waals surface area (Å²) >= 11 is 0. The Morgan fingerprint density at radius 1 is 1.47 bits per heavy atom. The zero-order valence-corrected chi connectivity index (χ0v) is 8.65. The minimum atomic E-state index is -0.716. The van der Waals surface area contributed by atoms with Crippen molar-refractivity contribution in [3.8, 4) is 5.75 Å². The summed E-state index contributed by atoms with van der Waals surface area (Å²) in [6.45, 7) is 1.94. The highest BCUT2D eigenvalue weighted by Crippen LogP contribution is 2.22. The third kappa shape index (κ3) is 2.91. The normalized spacial score (nSPS) is 14.9. The summed E-state index contributed by atoms with van der Waals surface area (Å²) in [5.74, 6) is -1.12. The van der Waals surface area contributed by atoms with Gasteiger partial charge >= 0.3 is 0 Å². The van der Waals surface area contributed by atoms with Crippen LogP contribution in [0, 0.1) is 5.82 Å². The van der Waals surface area contributed by atoms with Gasteiger partial charge in [-0.15, -0.1) is 0 Å². The molecule has 1 rings (SSSR count). The predicted molar refractivity (Wildman–Crippen MR) is 55.9 cm³/mol. The van der Waals surface area contributed by atoms with E-state index in [9.17, 15) is 9.50 Å². The Kier molecular flexibility index (Phi) is 4.05. The second-order valence-corrected chi connectivity index (χ2v) is 3.59. The number of phenolic OH excluding ortho intramolecular Hbond substituents is 1. The molecule has 0 unspecified atom stereocenters. The molecule has 1 aromatic rings. The predicted octanol–water partition coefficient (Wildman–Crippen LogP) is 1.69. The van der Waals surface area contributed by atoms with E-state index in [4.69, 9.17) is 10.8 Å². The van der Waals surface area contributed by atoms with Crippen LogP contribution in [0.2, 0.25) is 0 Å². The van der Waals surface area contributed by atoms with Gasteiger partial charge in [-0.1, -0.05) is 19.4 Å². The molecule has 0 spiro atoms. The first-order valence-electron chi connectivity index (χ1n) is 4.98. The average molecular weight is 213 g/mol. The summed E-state index contributed by atoms with van der Waals surface area (Å²) in [6, 6.07) is 3.30. The highest BCUT2D eigenvalue weighted by Gasteiger charge is 2.17. The van der Waals surface area contributed by atoms with Crippen molar-refractivity contribution >= 4 is 0 Å². The fourth-order valence-electron chi connectivity index (χ4n) is 1.43. The van der Waals surface area contributed by atoms with Gasteiger partial charge in [-0.3, -0.25) is 0 Å². The summed E-state index contributed by atoms with van der Waals surface area (Å²) in [5, 5.41) is 18.6. The van der Waals surface area contributed by atoms with Crippen LogP contribution in [0.1, 0.15) is 31.4 Å². The van der Waals surface area contributed by atoms with Crippen LogP contribution in [-0.4, -0.2) is 16.3 Å². The highest BCUT2D eigenvalue weighted by atomic mass is 19.1. The molecule has 0 aliphatic rings. The molecule has 0 saturated carbocycles. The van der Waals surface area contributed by atoms with Crippen LogP contribution >= 0.6 is 0 Å². The molecule has 0 radical (unpaired) electrons. The maximum absolute atomic E-state index is 13.0. The average Bonchev–Trinajstić information content (AvgIpc) is 2.21. The SMILES string of the molecule is CCC[C@H](O)[C@H](N)c1ccc(O)c(F)c1. The third-order valence-corrected chi connectivity index (χ3v) is 2.36. The number of halogens is 1. The van der Waals surface area contributed by atoms with E-state index in [1.807, 2.05) is 6.92 Å². The van der Waals surface area contributed by atoms with Gasteiger partial charge in [-0.05, 0) is 24.1 Å². The lowest BCUT2D eigenvalue weighted by Crippen LogP contribution is -2.26. The van der Waals surface area contributed by atoms with Crippen molar-refractivity contribution in [3.63, 3.8) is 0 Å². The molecule has 2 atom stereocenters. The first-order chi connectivity index (χ1) is 7.06. The number of phenols is 1. The Labute approximate surface area is 88.4 Å². The first-order valence-corrected chi connectivity index (χ1v) is 4.98. The topological polar surface area (TPSA) is 66.5 Å². The summed E-state index contributed by atoms with van der Waals surface area (Å²) < 4.78 is 13.0. The molecule has 0 fully saturated rings. The molecule has 84 valence electrons. The lowest BCUT2D eigenvalue weighted by atomic mass is 9.99. The number of aliphatic hydroxyl groups is 1. The number of hydrogen-bond acceptors (Lipinski definition) is 3. The van der Waals surface area contributed by atoms with Crippen molar-refractivity contribution < 1.29 is 14.6 Å². The molecule has 1 aromatic carbocycles. The molecule has 0 saturated heterocycles. The number of benzene rings is 1. The van der Waals surface area contributed by atoms with E-state index in [1.165, 1.54) is 12.1 Å². The largest absolute Gasteiger partial charge is 0.505 e. The van der Waals surface area contributed by atoms with Crippen molar-refractivity contribution in [2.45, 2.75) is 31.9 Å². The van der Waals surface area contributed by atoms with Gasteiger partial charge in [-0.2, -0.15) is 0 Å². The third-order valence-electron chi connectivity index (χ3n) is 2.36. The monoisotopic (exact) mass is 213 g/mol. The molecule has 15 heavy (non-hydrogen) atoms. The van der Waals surface area contributed by atoms with Gasteiger partial charge < -0.3 is 15.9 Å². The summed E-state index contributed by atoms with van der Waals surface area (Å²) in [4.78, 5) is 0. The number of aromatic hydroxyl groups is 1. The van der Waals surface area contributed by atoms with Crippen molar-refractivity contribution in [3.05, 3.63) is 29.6 Å². The number of nitrogens with two attached hydrogens (primary N) is 1. The van der Waals surface area contributed by atoms with Gasteiger partial charge in [0.2, 0.25) is 0 Å². The van der Waals surface area contributed by atoms with Gasteiger partial charge in [-0.25, -0.2) is 4.39 Å². The number of rotatable bonds is 4. The van der Waals surface area contributed by atoms with Gasteiger partial charge in [0.1, 0.15) is 0 Å². The minimum absolute atomic E-state index is 0.407. The van der Waals surface area contributed by atoms with Crippen molar-refractivity contribution in [2.75, 3.05) is 0 Å². The summed E-state index contributed by atoms with van der Waals surface area (Å²) in [7, 11) is 0. The lowest BCUT2D eigenvalue weighted by Gasteiger charge is -2.18. The van der Waals surface area contributed by atoms with Crippen LogP contribution in [-0.2, 0) is 0 Å².